The third-order valence-corrected chi connectivity index (χ3v) is 6.31. The molecular formula is C26H26N6O7. The van der Waals surface area contributed by atoms with Crippen molar-refractivity contribution in [3.8, 4) is 0 Å². The molecular weight excluding hydrogens is 508 g/mol. The van der Waals surface area contributed by atoms with Gasteiger partial charge in [0.05, 0.1) is 17.3 Å². The number of aliphatic carboxylic acids is 1. The van der Waals surface area contributed by atoms with Gasteiger partial charge in [0.15, 0.2) is 0 Å². The number of primary amides is 1. The van der Waals surface area contributed by atoms with E-state index in [4.69, 9.17) is 5.73 Å². The number of aromatic nitrogens is 3. The lowest BCUT2D eigenvalue weighted by molar-refractivity contribution is -0.143. The lowest BCUT2D eigenvalue weighted by atomic mass is 10.0. The van der Waals surface area contributed by atoms with E-state index >= 15 is 0 Å². The van der Waals surface area contributed by atoms with E-state index in [0.29, 0.717) is 11.1 Å². The molecule has 202 valence electrons. The Morgan fingerprint density at radius 3 is 2.26 bits per heavy atom. The van der Waals surface area contributed by atoms with Crippen LogP contribution in [0.3, 0.4) is 0 Å². The Hall–Kier alpha value is -5.20. The molecule has 0 aliphatic heterocycles. The predicted molar refractivity (Wildman–Crippen MR) is 141 cm³/mol. The van der Waals surface area contributed by atoms with Crippen molar-refractivity contribution in [1.82, 2.24) is 25.2 Å². The van der Waals surface area contributed by atoms with Gasteiger partial charge in [-0.3, -0.25) is 19.2 Å². The maximum atomic E-state index is 13.6. The Morgan fingerprint density at radius 1 is 0.949 bits per heavy atom. The summed E-state index contributed by atoms with van der Waals surface area (Å²) in [5, 5.41) is 14.8. The summed E-state index contributed by atoms with van der Waals surface area (Å²) in [5.41, 5.74) is 5.27. The van der Waals surface area contributed by atoms with E-state index in [1.54, 1.807) is 30.5 Å². The van der Waals surface area contributed by atoms with Crippen LogP contribution in [0, 0.1) is 0 Å². The number of carboxylic acids is 1. The van der Waals surface area contributed by atoms with Crippen molar-refractivity contribution in [3.63, 3.8) is 0 Å². The van der Waals surface area contributed by atoms with Crippen LogP contribution in [0.5, 0.6) is 0 Å². The Morgan fingerprint density at radius 2 is 1.59 bits per heavy atom. The highest BCUT2D eigenvalue weighted by molar-refractivity contribution is 5.93. The first kappa shape index (κ1) is 26.9. The molecule has 2 aromatic heterocycles. The number of nitrogens with one attached hydrogen (secondary N) is 4. The fourth-order valence-corrected chi connectivity index (χ4v) is 4.34. The number of H-pyrrole nitrogens is 2. The predicted octanol–water partition coefficient (Wildman–Crippen LogP) is -0.0956. The van der Waals surface area contributed by atoms with Gasteiger partial charge >= 0.3 is 11.7 Å². The van der Waals surface area contributed by atoms with Crippen LogP contribution in [0.1, 0.15) is 24.9 Å². The van der Waals surface area contributed by atoms with Crippen molar-refractivity contribution in [2.45, 2.75) is 37.9 Å². The fourth-order valence-electron chi connectivity index (χ4n) is 4.34. The van der Waals surface area contributed by atoms with E-state index in [1.165, 1.54) is 13.0 Å². The van der Waals surface area contributed by atoms with Crippen molar-refractivity contribution in [2.75, 3.05) is 0 Å². The summed E-state index contributed by atoms with van der Waals surface area (Å²) < 4.78 is 0.803. The number of hydrogen-bond acceptors (Lipinski definition) is 6. The smallest absolute Gasteiger partial charge is 0.329 e. The number of benzene rings is 2. The van der Waals surface area contributed by atoms with Crippen molar-refractivity contribution >= 4 is 45.5 Å². The minimum Gasteiger partial charge on any atom is -0.480 e. The highest BCUT2D eigenvalue weighted by Crippen LogP contribution is 2.22. The van der Waals surface area contributed by atoms with Crippen molar-refractivity contribution in [2.24, 2.45) is 5.73 Å². The van der Waals surface area contributed by atoms with Crippen LogP contribution in [-0.2, 0) is 25.6 Å². The molecule has 0 fully saturated rings. The second-order valence-corrected chi connectivity index (χ2v) is 9.03. The molecule has 2 heterocycles. The summed E-state index contributed by atoms with van der Waals surface area (Å²) in [6.07, 6.45) is 0.945. The van der Waals surface area contributed by atoms with Crippen LogP contribution >= 0.6 is 0 Å². The van der Waals surface area contributed by atoms with Gasteiger partial charge in [0, 0.05) is 23.5 Å². The average Bonchev–Trinajstić information content (AvgIpc) is 3.30. The van der Waals surface area contributed by atoms with Gasteiger partial charge in [-0.25, -0.2) is 14.2 Å². The summed E-state index contributed by atoms with van der Waals surface area (Å²) in [6.45, 7) is 1.30. The highest BCUT2D eigenvalue weighted by atomic mass is 16.4. The normalized spacial score (nSPS) is 13.5. The SMILES string of the molecule is CC(NC(=O)C(Cc1c[nH]c2ccccc12)n1c(=O)[nH]c2ccccc2c1=O)C(=O)NC(CC(N)=O)C(=O)O. The second-order valence-electron chi connectivity index (χ2n) is 9.03. The molecule has 2 aromatic carbocycles. The lowest BCUT2D eigenvalue weighted by Gasteiger charge is -2.22. The highest BCUT2D eigenvalue weighted by Gasteiger charge is 2.30. The van der Waals surface area contributed by atoms with E-state index in [1.807, 2.05) is 18.2 Å². The average molecular weight is 535 g/mol. The topological polar surface area (TPSA) is 209 Å². The molecule has 0 spiro atoms. The van der Waals surface area contributed by atoms with Crippen LogP contribution in [0.2, 0.25) is 0 Å². The molecule has 0 saturated carbocycles. The number of nitrogens with zero attached hydrogens (tertiary/aromatic N) is 1. The molecule has 3 atom stereocenters. The summed E-state index contributed by atoms with van der Waals surface area (Å²) in [6, 6.07) is 9.40. The largest absolute Gasteiger partial charge is 0.480 e. The third-order valence-electron chi connectivity index (χ3n) is 6.31. The number of carbonyl (C=O) groups is 4. The number of aromatic amines is 2. The number of fused-ring (bicyclic) bond motifs is 2. The molecule has 3 amide bonds. The number of rotatable bonds is 10. The van der Waals surface area contributed by atoms with Gasteiger partial charge in [-0.15, -0.1) is 0 Å². The Balaban J connectivity index is 1.69. The zero-order valence-corrected chi connectivity index (χ0v) is 20.8. The summed E-state index contributed by atoms with van der Waals surface area (Å²) in [7, 11) is 0. The van der Waals surface area contributed by atoms with Gasteiger partial charge in [-0.2, -0.15) is 0 Å². The van der Waals surface area contributed by atoms with E-state index in [9.17, 15) is 33.9 Å². The second kappa shape index (κ2) is 11.0. The zero-order valence-electron chi connectivity index (χ0n) is 20.8. The number of para-hydroxylation sites is 2. The molecule has 4 aromatic rings. The Bertz CT molecular complexity index is 1700. The number of hydrogen-bond donors (Lipinski definition) is 6. The number of carboxylic acid groups (broad SMARTS) is 1. The van der Waals surface area contributed by atoms with Crippen LogP contribution in [-0.4, -0.2) is 55.4 Å². The standard InChI is InChI=1S/C26H26N6O7/c1-13(22(34)30-19(25(37)38)11-21(27)33)29-23(35)20(10-14-12-28-17-8-4-2-6-15(14)17)32-24(36)16-7-3-5-9-18(16)31-26(32)39/h2-9,12-13,19-20,28H,10-11H2,1H3,(H2,27,33)(H,29,35)(H,30,34)(H,31,39)(H,37,38). The summed E-state index contributed by atoms with van der Waals surface area (Å²) in [4.78, 5) is 80.9. The fraction of sp³-hybridized carbons (Fsp3) is 0.231. The molecule has 4 rings (SSSR count). The maximum Gasteiger partial charge on any atom is 0.329 e. The van der Waals surface area contributed by atoms with Crippen LogP contribution in [0.15, 0.2) is 64.3 Å². The van der Waals surface area contributed by atoms with Crippen molar-refractivity contribution in [1.29, 1.82) is 0 Å². The number of nitrogens with two attached hydrogens (primary N) is 1. The Kier molecular flexibility index (Phi) is 7.60. The quantitative estimate of drug-likeness (QED) is 0.163. The first-order valence-electron chi connectivity index (χ1n) is 12.0. The molecule has 3 unspecified atom stereocenters. The molecule has 39 heavy (non-hydrogen) atoms. The first-order chi connectivity index (χ1) is 18.6. The molecule has 0 bridgehead atoms. The molecule has 0 aliphatic rings. The van der Waals surface area contributed by atoms with Gasteiger partial charge in [0.1, 0.15) is 18.1 Å². The maximum absolute atomic E-state index is 13.6. The van der Waals surface area contributed by atoms with E-state index < -0.39 is 59.5 Å². The molecule has 7 N–H and O–H groups in total. The molecule has 0 aliphatic carbocycles. The molecule has 13 heteroatoms. The van der Waals surface area contributed by atoms with Gasteiger partial charge < -0.3 is 31.4 Å². The van der Waals surface area contributed by atoms with Crippen molar-refractivity contribution < 1.29 is 24.3 Å². The van der Waals surface area contributed by atoms with Crippen LogP contribution in [0.25, 0.3) is 21.8 Å². The zero-order chi connectivity index (χ0) is 28.3. The monoisotopic (exact) mass is 534 g/mol. The molecule has 13 nitrogen and oxygen atoms in total. The van der Waals surface area contributed by atoms with Gasteiger partial charge in [0.2, 0.25) is 17.7 Å². The van der Waals surface area contributed by atoms with Gasteiger partial charge in [0.25, 0.3) is 5.56 Å². The third kappa shape index (κ3) is 5.71. The van der Waals surface area contributed by atoms with E-state index in [-0.39, 0.29) is 11.8 Å². The molecule has 0 saturated heterocycles. The van der Waals surface area contributed by atoms with Gasteiger partial charge in [-0.05, 0) is 30.7 Å². The minimum absolute atomic E-state index is 0.0784. The van der Waals surface area contributed by atoms with Crippen LogP contribution in [0.4, 0.5) is 0 Å². The Labute approximate surface area is 220 Å². The van der Waals surface area contributed by atoms with E-state index in [0.717, 1.165) is 15.5 Å². The minimum atomic E-state index is -1.60. The number of carbonyl (C=O) groups excluding carboxylic acids is 3. The number of amides is 3. The lowest BCUT2D eigenvalue weighted by Crippen LogP contribution is -2.53. The summed E-state index contributed by atoms with van der Waals surface area (Å²) in [5.74, 6) is -4.14. The first-order valence-corrected chi connectivity index (χ1v) is 12.0. The van der Waals surface area contributed by atoms with Gasteiger partial charge in [-0.1, -0.05) is 30.3 Å². The van der Waals surface area contributed by atoms with Crippen LogP contribution < -0.4 is 27.6 Å². The molecule has 0 radical (unpaired) electrons. The van der Waals surface area contributed by atoms with Crippen molar-refractivity contribution in [3.05, 3.63) is 81.1 Å². The van der Waals surface area contributed by atoms with E-state index in [2.05, 4.69) is 20.6 Å². The summed E-state index contributed by atoms with van der Waals surface area (Å²) >= 11 is 0.